The molecule has 49 heavy (non-hydrogen) atoms. The lowest BCUT2D eigenvalue weighted by Gasteiger charge is -2.27. The van der Waals surface area contributed by atoms with E-state index < -0.39 is 12.5 Å². The van der Waals surface area contributed by atoms with Gasteiger partial charge in [0.15, 0.2) is 0 Å². The van der Waals surface area contributed by atoms with Crippen molar-refractivity contribution < 1.29 is 24.3 Å². The van der Waals surface area contributed by atoms with Crippen molar-refractivity contribution in [3.8, 4) is 11.1 Å². The highest BCUT2D eigenvalue weighted by atomic mass is 32.2. The van der Waals surface area contributed by atoms with Crippen molar-refractivity contribution in [2.45, 2.75) is 36.1 Å². The molecule has 2 atom stereocenters. The molecule has 1 aromatic heterocycles. The zero-order valence-electron chi connectivity index (χ0n) is 26.7. The number of rotatable bonds is 6. The van der Waals surface area contributed by atoms with Gasteiger partial charge in [-0.15, -0.1) is 11.8 Å². The van der Waals surface area contributed by atoms with Crippen LogP contribution in [-0.4, -0.2) is 55.8 Å². The summed E-state index contributed by atoms with van der Waals surface area (Å²) in [4.78, 5) is 45.8. The molecular formula is C38H31N3O5S3. The molecule has 8 nitrogen and oxygen atoms in total. The van der Waals surface area contributed by atoms with E-state index in [2.05, 4.69) is 102 Å². The van der Waals surface area contributed by atoms with E-state index in [0.29, 0.717) is 16.9 Å². The summed E-state index contributed by atoms with van der Waals surface area (Å²) >= 11 is 8.22. The van der Waals surface area contributed by atoms with Gasteiger partial charge in [-0.1, -0.05) is 54.7 Å². The summed E-state index contributed by atoms with van der Waals surface area (Å²) in [5.41, 5.74) is 9.54. The van der Waals surface area contributed by atoms with Gasteiger partial charge >= 0.3 is 12.1 Å². The van der Waals surface area contributed by atoms with E-state index in [-0.39, 0.29) is 16.4 Å². The topological polar surface area (TPSA) is 99.9 Å². The lowest BCUT2D eigenvalue weighted by molar-refractivity contribution is -0.191. The predicted molar refractivity (Wildman–Crippen MR) is 199 cm³/mol. The fraction of sp³-hybridized carbons (Fsp3) is 0.211. The minimum absolute atomic E-state index is 0.250. The molecule has 11 heteroatoms. The second kappa shape index (κ2) is 13.3. The second-order valence-corrected chi connectivity index (χ2v) is 14.8. The van der Waals surface area contributed by atoms with Gasteiger partial charge in [0.1, 0.15) is 10.9 Å². The van der Waals surface area contributed by atoms with Crippen LogP contribution in [0.2, 0.25) is 0 Å². The van der Waals surface area contributed by atoms with Crippen molar-refractivity contribution in [2.24, 2.45) is 7.05 Å². The van der Waals surface area contributed by atoms with Gasteiger partial charge in [-0.2, -0.15) is 9.59 Å². The highest BCUT2D eigenvalue weighted by molar-refractivity contribution is 8.26. The minimum Gasteiger partial charge on any atom is -0.480 e. The Morgan fingerprint density at radius 1 is 0.980 bits per heavy atom. The highest BCUT2D eigenvalue weighted by Gasteiger charge is 2.42. The molecule has 2 fully saturated rings. The van der Waals surface area contributed by atoms with E-state index in [1.807, 2.05) is 6.08 Å². The Bertz CT molecular complexity index is 2240. The Labute approximate surface area is 296 Å². The van der Waals surface area contributed by atoms with Gasteiger partial charge in [-0.05, 0) is 102 Å². The number of hydrogen-bond acceptors (Lipinski definition) is 8. The van der Waals surface area contributed by atoms with Crippen LogP contribution in [0.25, 0.3) is 39.0 Å². The molecule has 2 unspecified atom stereocenters. The number of carbonyl (C=O) groups excluding carboxylic acids is 3. The summed E-state index contributed by atoms with van der Waals surface area (Å²) in [5, 5.41) is 11.7. The summed E-state index contributed by atoms with van der Waals surface area (Å²) in [6.07, 6.45) is 7.64. The SMILES string of the molecule is CSc1ccc(-c2ccc3c(c2)c2cc(N4c5ccc(/C=C6\SC(=S)N(CC(=O)O)C6=O)cc5C5CCCC54)ccc2n3C)cc1.O=C=O. The Balaban J connectivity index is 0.00000122. The van der Waals surface area contributed by atoms with E-state index in [1.54, 1.807) is 11.8 Å². The molecular weight excluding hydrogens is 675 g/mol. The van der Waals surface area contributed by atoms with Gasteiger partial charge in [0, 0.05) is 57.1 Å². The van der Waals surface area contributed by atoms with Crippen LogP contribution in [0.5, 0.6) is 0 Å². The first-order chi connectivity index (χ1) is 23.7. The minimum atomic E-state index is -1.08. The zero-order chi connectivity index (χ0) is 34.4. The number of benzene rings is 4. The van der Waals surface area contributed by atoms with Crippen molar-refractivity contribution in [2.75, 3.05) is 17.7 Å². The Morgan fingerprint density at radius 2 is 1.67 bits per heavy atom. The number of thioether (sulfide) groups is 2. The summed E-state index contributed by atoms with van der Waals surface area (Å²) in [7, 11) is 2.15. The number of nitrogens with zero attached hydrogens (tertiary/aromatic N) is 3. The number of amides is 1. The lowest BCUT2D eigenvalue weighted by atomic mass is 9.96. The average Bonchev–Trinajstić information content (AvgIpc) is 3.83. The quantitative estimate of drug-likeness (QED) is 0.106. The van der Waals surface area contributed by atoms with Gasteiger partial charge < -0.3 is 14.6 Å². The molecule has 246 valence electrons. The number of fused-ring (bicyclic) bond motifs is 6. The van der Waals surface area contributed by atoms with Gasteiger partial charge in [0.2, 0.25) is 0 Å². The summed E-state index contributed by atoms with van der Waals surface area (Å²) in [6.45, 7) is -0.418. The second-order valence-electron chi connectivity index (χ2n) is 12.3. The van der Waals surface area contributed by atoms with Crippen LogP contribution < -0.4 is 4.90 Å². The molecule has 5 aromatic rings. The van der Waals surface area contributed by atoms with Crippen LogP contribution in [0.3, 0.4) is 0 Å². The van der Waals surface area contributed by atoms with Crippen molar-refractivity contribution in [1.29, 1.82) is 0 Å². The molecule has 0 spiro atoms. The van der Waals surface area contributed by atoms with Crippen molar-refractivity contribution in [3.05, 3.63) is 94.9 Å². The van der Waals surface area contributed by atoms with Crippen LogP contribution in [0.1, 0.15) is 36.3 Å². The van der Waals surface area contributed by atoms with Crippen LogP contribution in [0.4, 0.5) is 11.4 Å². The van der Waals surface area contributed by atoms with Gasteiger partial charge in [0.05, 0.1) is 4.91 Å². The van der Waals surface area contributed by atoms with Crippen LogP contribution >= 0.6 is 35.7 Å². The number of hydrogen-bond donors (Lipinski definition) is 1. The predicted octanol–water partition coefficient (Wildman–Crippen LogP) is 8.21. The molecule has 1 N–H and O–H groups in total. The molecule has 3 aliphatic rings. The molecule has 4 aromatic carbocycles. The smallest absolute Gasteiger partial charge is 0.373 e. The molecule has 1 amide bonds. The van der Waals surface area contributed by atoms with Gasteiger partial charge in [0.25, 0.3) is 5.91 Å². The first kappa shape index (κ1) is 32.9. The molecule has 1 aliphatic carbocycles. The third-order valence-electron chi connectivity index (χ3n) is 9.68. The van der Waals surface area contributed by atoms with Gasteiger partial charge in [-0.3, -0.25) is 14.5 Å². The number of carboxylic acid groups (broad SMARTS) is 1. The fourth-order valence-electron chi connectivity index (χ4n) is 7.54. The molecule has 8 rings (SSSR count). The maximum absolute atomic E-state index is 12.9. The number of aliphatic carboxylic acids is 1. The van der Waals surface area contributed by atoms with Crippen molar-refractivity contribution >= 4 is 97.3 Å². The third-order valence-corrected chi connectivity index (χ3v) is 11.8. The molecule has 0 radical (unpaired) electrons. The molecule has 1 saturated heterocycles. The standard InChI is InChI=1S/C37H31N3O3S3.CO2/c1-38-30-14-9-23(22-7-11-25(45-2)12-8-22)18-28(30)29-19-24(10-15-31(29)38)40-32-5-3-4-26(32)27-16-21(6-13-33(27)40)17-34-36(43)39(20-35(41)42)37(44)46-34;2-1-3/h6-19,26,32H,3-5,20H2,1-2H3,(H,41,42);/b34-17-;. The number of thiocarbonyl (C=S) groups is 1. The van der Waals surface area contributed by atoms with Crippen molar-refractivity contribution in [3.63, 3.8) is 0 Å². The van der Waals surface area contributed by atoms with Gasteiger partial charge in [-0.25, -0.2) is 0 Å². The molecule has 0 bridgehead atoms. The lowest BCUT2D eigenvalue weighted by Crippen LogP contribution is -2.33. The summed E-state index contributed by atoms with van der Waals surface area (Å²) in [5.74, 6) is -1.00. The summed E-state index contributed by atoms with van der Waals surface area (Å²) in [6, 6.07) is 29.3. The number of carboxylic acids is 1. The largest absolute Gasteiger partial charge is 0.480 e. The van der Waals surface area contributed by atoms with E-state index in [1.165, 1.54) is 72.9 Å². The van der Waals surface area contributed by atoms with Crippen LogP contribution in [-0.2, 0) is 26.2 Å². The molecule has 1 saturated carbocycles. The van der Waals surface area contributed by atoms with Crippen LogP contribution in [0, 0.1) is 0 Å². The highest BCUT2D eigenvalue weighted by Crippen LogP contribution is 2.53. The maximum atomic E-state index is 12.9. The van der Waals surface area contributed by atoms with E-state index in [9.17, 15) is 14.7 Å². The van der Waals surface area contributed by atoms with E-state index >= 15 is 0 Å². The average molecular weight is 706 g/mol. The Kier molecular flexibility index (Phi) is 8.94. The van der Waals surface area contributed by atoms with E-state index in [4.69, 9.17) is 21.8 Å². The fourth-order valence-corrected chi connectivity index (χ4v) is 9.21. The van der Waals surface area contributed by atoms with Crippen molar-refractivity contribution in [1.82, 2.24) is 9.47 Å². The number of aryl methyl sites for hydroxylation is 1. The zero-order valence-corrected chi connectivity index (χ0v) is 29.2. The first-order valence-corrected chi connectivity index (χ1v) is 18.2. The molecule has 2 aliphatic heterocycles. The summed E-state index contributed by atoms with van der Waals surface area (Å²) < 4.78 is 2.57. The Hall–Kier alpha value is -4.67. The number of aromatic nitrogens is 1. The molecule has 3 heterocycles. The number of anilines is 2. The van der Waals surface area contributed by atoms with Crippen LogP contribution in [0.15, 0.2) is 88.7 Å². The van der Waals surface area contributed by atoms with E-state index in [0.717, 1.165) is 23.3 Å². The monoisotopic (exact) mass is 705 g/mol. The first-order valence-electron chi connectivity index (χ1n) is 15.8. The number of carbonyl (C=O) groups is 2. The maximum Gasteiger partial charge on any atom is 0.373 e. The third kappa shape index (κ3) is 5.87. The normalized spacial score (nSPS) is 18.9. The Morgan fingerprint density at radius 3 is 2.39 bits per heavy atom.